The maximum atomic E-state index is 13.2. The fraction of sp³-hybridized carbons (Fsp3) is 0.647. The van der Waals surface area contributed by atoms with Crippen molar-refractivity contribution in [2.24, 2.45) is 5.92 Å². The van der Waals surface area contributed by atoms with E-state index >= 15 is 0 Å². The Hall–Kier alpha value is -0.600. The highest BCUT2D eigenvalue weighted by Crippen LogP contribution is 2.29. The van der Waals surface area contributed by atoms with E-state index in [-0.39, 0.29) is 16.9 Å². The third kappa shape index (κ3) is 4.20. The van der Waals surface area contributed by atoms with Crippen molar-refractivity contribution in [2.75, 3.05) is 0 Å². The van der Waals surface area contributed by atoms with E-state index < -0.39 is 0 Å². The highest BCUT2D eigenvalue weighted by atomic mass is 35.5. The molecule has 1 atom stereocenters. The molecule has 1 aromatic carbocycles. The number of rotatable bonds is 5. The monoisotopic (exact) mass is 297 g/mol. The average Bonchev–Trinajstić information content (AvgIpc) is 2.44. The summed E-state index contributed by atoms with van der Waals surface area (Å²) < 4.78 is 13.2. The van der Waals surface area contributed by atoms with Crippen molar-refractivity contribution in [2.45, 2.75) is 64.5 Å². The third-order valence-corrected chi connectivity index (χ3v) is 4.76. The highest BCUT2D eigenvalue weighted by Gasteiger charge is 2.22. The molecule has 0 radical (unpaired) electrons. The van der Waals surface area contributed by atoms with Crippen LogP contribution in [0.4, 0.5) is 4.39 Å². The Morgan fingerprint density at radius 3 is 2.60 bits per heavy atom. The van der Waals surface area contributed by atoms with Crippen LogP contribution in [-0.4, -0.2) is 6.04 Å². The smallest absolute Gasteiger partial charge is 0.141 e. The number of benzene rings is 1. The molecule has 0 aromatic heterocycles. The van der Waals surface area contributed by atoms with E-state index in [1.165, 1.54) is 44.6 Å². The van der Waals surface area contributed by atoms with Gasteiger partial charge in [0.05, 0.1) is 5.02 Å². The van der Waals surface area contributed by atoms with Gasteiger partial charge in [0.25, 0.3) is 0 Å². The zero-order valence-electron chi connectivity index (χ0n) is 12.5. The summed E-state index contributed by atoms with van der Waals surface area (Å²) >= 11 is 5.85. The van der Waals surface area contributed by atoms with Gasteiger partial charge in [-0.25, -0.2) is 4.39 Å². The van der Waals surface area contributed by atoms with Crippen molar-refractivity contribution >= 4 is 11.6 Å². The molecule has 0 spiro atoms. The Kier molecular flexibility index (Phi) is 5.86. The predicted molar refractivity (Wildman–Crippen MR) is 83.6 cm³/mol. The third-order valence-electron chi connectivity index (χ3n) is 4.47. The van der Waals surface area contributed by atoms with Gasteiger partial charge in [0, 0.05) is 12.1 Å². The largest absolute Gasteiger partial charge is 0.307 e. The van der Waals surface area contributed by atoms with E-state index in [1.54, 1.807) is 6.07 Å². The molecule has 2 rings (SSSR count). The molecule has 0 amide bonds. The van der Waals surface area contributed by atoms with Gasteiger partial charge in [0.2, 0.25) is 0 Å². The number of nitrogens with one attached hydrogen (secondary N) is 1. The standard InChI is InChI=1S/C17H25ClFN/c1-3-4-13-5-8-15(9-6-13)20-12(2)14-7-10-17(19)16(18)11-14/h7,10-13,15,20H,3-6,8-9H2,1-2H3. The van der Waals surface area contributed by atoms with Gasteiger partial charge < -0.3 is 5.32 Å². The summed E-state index contributed by atoms with van der Waals surface area (Å²) in [7, 11) is 0. The van der Waals surface area contributed by atoms with E-state index in [0.717, 1.165) is 11.5 Å². The van der Waals surface area contributed by atoms with E-state index in [4.69, 9.17) is 11.6 Å². The summed E-state index contributed by atoms with van der Waals surface area (Å²) in [6, 6.07) is 5.81. The Morgan fingerprint density at radius 2 is 2.00 bits per heavy atom. The molecule has 3 heteroatoms. The summed E-state index contributed by atoms with van der Waals surface area (Å²) in [6.07, 6.45) is 7.85. The average molecular weight is 298 g/mol. The van der Waals surface area contributed by atoms with Gasteiger partial charge in [0.1, 0.15) is 5.82 Å². The molecule has 1 N–H and O–H groups in total. The predicted octanol–water partition coefficient (Wildman–Crippen LogP) is 5.49. The minimum Gasteiger partial charge on any atom is -0.307 e. The SMILES string of the molecule is CCCC1CCC(NC(C)c2ccc(F)c(Cl)c2)CC1. The summed E-state index contributed by atoms with van der Waals surface area (Å²) in [5, 5.41) is 3.87. The molecule has 0 bridgehead atoms. The molecule has 0 heterocycles. The molecule has 0 saturated heterocycles. The van der Waals surface area contributed by atoms with Crippen LogP contribution in [0.1, 0.15) is 64.0 Å². The lowest BCUT2D eigenvalue weighted by Gasteiger charge is -2.31. The molecule has 1 unspecified atom stereocenters. The topological polar surface area (TPSA) is 12.0 Å². The lowest BCUT2D eigenvalue weighted by molar-refractivity contribution is 0.266. The van der Waals surface area contributed by atoms with Gasteiger partial charge in [0.15, 0.2) is 0 Å². The Morgan fingerprint density at radius 1 is 1.30 bits per heavy atom. The molecule has 0 aliphatic heterocycles. The summed E-state index contributed by atoms with van der Waals surface area (Å²) in [5.74, 6) is 0.580. The lowest BCUT2D eigenvalue weighted by atomic mass is 9.83. The molecular formula is C17H25ClFN. The normalized spacial score (nSPS) is 24.6. The van der Waals surface area contributed by atoms with Crippen LogP contribution in [0.15, 0.2) is 18.2 Å². The maximum absolute atomic E-state index is 13.2. The molecule has 1 aromatic rings. The van der Waals surface area contributed by atoms with Crippen molar-refractivity contribution in [1.29, 1.82) is 0 Å². The zero-order valence-corrected chi connectivity index (χ0v) is 13.2. The molecule has 1 aliphatic rings. The van der Waals surface area contributed by atoms with Gasteiger partial charge in [-0.05, 0) is 56.2 Å². The summed E-state index contributed by atoms with van der Waals surface area (Å²) in [6.45, 7) is 4.40. The number of halogens is 2. The van der Waals surface area contributed by atoms with Crippen LogP contribution < -0.4 is 5.32 Å². The van der Waals surface area contributed by atoms with Crippen LogP contribution in [0.2, 0.25) is 5.02 Å². The van der Waals surface area contributed by atoms with E-state index in [9.17, 15) is 4.39 Å². The van der Waals surface area contributed by atoms with Crippen LogP contribution in [0.3, 0.4) is 0 Å². The quantitative estimate of drug-likeness (QED) is 0.758. The van der Waals surface area contributed by atoms with E-state index in [1.807, 2.05) is 6.07 Å². The molecule has 112 valence electrons. The molecule has 20 heavy (non-hydrogen) atoms. The lowest BCUT2D eigenvalue weighted by Crippen LogP contribution is -2.35. The first kappa shape index (κ1) is 15.8. The zero-order chi connectivity index (χ0) is 14.5. The van der Waals surface area contributed by atoms with Crippen molar-refractivity contribution < 1.29 is 4.39 Å². The van der Waals surface area contributed by atoms with Crippen LogP contribution in [-0.2, 0) is 0 Å². The second kappa shape index (κ2) is 7.42. The van der Waals surface area contributed by atoms with Crippen molar-refractivity contribution in [3.05, 3.63) is 34.6 Å². The number of hydrogen-bond donors (Lipinski definition) is 1. The van der Waals surface area contributed by atoms with Crippen LogP contribution in [0.5, 0.6) is 0 Å². The van der Waals surface area contributed by atoms with Gasteiger partial charge in [-0.3, -0.25) is 0 Å². The second-order valence-electron chi connectivity index (χ2n) is 6.07. The molecule has 1 aliphatic carbocycles. The molecule has 1 saturated carbocycles. The first-order chi connectivity index (χ1) is 9.60. The Bertz CT molecular complexity index is 427. The van der Waals surface area contributed by atoms with Crippen molar-refractivity contribution in [3.63, 3.8) is 0 Å². The van der Waals surface area contributed by atoms with Crippen molar-refractivity contribution in [3.8, 4) is 0 Å². The second-order valence-corrected chi connectivity index (χ2v) is 6.48. The van der Waals surface area contributed by atoms with Crippen LogP contribution in [0, 0.1) is 11.7 Å². The maximum Gasteiger partial charge on any atom is 0.141 e. The van der Waals surface area contributed by atoms with Gasteiger partial charge >= 0.3 is 0 Å². The number of hydrogen-bond acceptors (Lipinski definition) is 1. The van der Waals surface area contributed by atoms with Gasteiger partial charge in [-0.1, -0.05) is 37.4 Å². The minimum atomic E-state index is -0.345. The Labute approximate surface area is 126 Å². The summed E-state index contributed by atoms with van der Waals surface area (Å²) in [4.78, 5) is 0. The highest BCUT2D eigenvalue weighted by molar-refractivity contribution is 6.30. The van der Waals surface area contributed by atoms with Crippen LogP contribution in [0.25, 0.3) is 0 Å². The van der Waals surface area contributed by atoms with Crippen LogP contribution >= 0.6 is 11.6 Å². The van der Waals surface area contributed by atoms with E-state index in [2.05, 4.69) is 19.2 Å². The molecule has 1 nitrogen and oxygen atoms in total. The minimum absolute atomic E-state index is 0.211. The van der Waals surface area contributed by atoms with E-state index in [0.29, 0.717) is 6.04 Å². The first-order valence-corrected chi connectivity index (χ1v) is 8.19. The fourth-order valence-electron chi connectivity index (χ4n) is 3.26. The fourth-order valence-corrected chi connectivity index (χ4v) is 3.45. The summed E-state index contributed by atoms with van der Waals surface area (Å²) in [5.41, 5.74) is 1.06. The van der Waals surface area contributed by atoms with Crippen molar-refractivity contribution in [1.82, 2.24) is 5.32 Å². The Balaban J connectivity index is 1.85. The molecule has 1 fully saturated rings. The van der Waals surface area contributed by atoms with Gasteiger partial charge in [-0.15, -0.1) is 0 Å². The first-order valence-electron chi connectivity index (χ1n) is 7.81. The van der Waals surface area contributed by atoms with Gasteiger partial charge in [-0.2, -0.15) is 0 Å². The molecular weight excluding hydrogens is 273 g/mol.